The van der Waals surface area contributed by atoms with Crippen molar-refractivity contribution in [3.8, 4) is 5.75 Å². The van der Waals surface area contributed by atoms with E-state index in [-0.39, 0.29) is 11.4 Å². The second-order valence-electron chi connectivity index (χ2n) is 2.01. The Labute approximate surface area is 77.3 Å². The molecule has 1 rings (SSSR count). The van der Waals surface area contributed by atoms with Gasteiger partial charge in [-0.1, -0.05) is 0 Å². The Balaban J connectivity index is 3.09. The lowest BCUT2D eigenvalue weighted by molar-refractivity contribution is 0.0590. The van der Waals surface area contributed by atoms with Crippen LogP contribution < -0.4 is 0 Å². The summed E-state index contributed by atoms with van der Waals surface area (Å²) < 4.78 is 4.98. The first-order valence-corrected chi connectivity index (χ1v) is 3.87. The third-order valence-corrected chi connectivity index (χ3v) is 1.65. The van der Waals surface area contributed by atoms with Gasteiger partial charge in [0.1, 0.15) is 5.75 Å². The average molecular weight is 232 g/mol. The van der Waals surface area contributed by atoms with Crippen molar-refractivity contribution in [1.82, 2.24) is 4.98 Å². The monoisotopic (exact) mass is 231 g/mol. The van der Waals surface area contributed by atoms with Gasteiger partial charge in [0, 0.05) is 10.7 Å². The molecule has 64 valence electrons. The smallest absolute Gasteiger partial charge is 0.360 e. The van der Waals surface area contributed by atoms with E-state index >= 15 is 0 Å². The molecular formula is C7H6BrNO3. The van der Waals surface area contributed by atoms with Gasteiger partial charge in [0.25, 0.3) is 0 Å². The number of carbonyl (C=O) groups excluding carboxylic acids is 1. The number of pyridine rings is 1. The molecule has 1 aromatic heterocycles. The number of aromatic hydroxyl groups is 1. The molecule has 0 saturated carbocycles. The summed E-state index contributed by atoms with van der Waals surface area (Å²) in [6, 6.07) is 1.37. The molecule has 0 radical (unpaired) electrons. The maximum Gasteiger partial charge on any atom is 0.360 e. The van der Waals surface area contributed by atoms with E-state index in [4.69, 9.17) is 0 Å². The molecule has 0 aromatic carbocycles. The summed E-state index contributed by atoms with van der Waals surface area (Å²) in [7, 11) is 1.23. The van der Waals surface area contributed by atoms with E-state index < -0.39 is 5.97 Å². The quantitative estimate of drug-likeness (QED) is 0.742. The van der Waals surface area contributed by atoms with Gasteiger partial charge in [-0.2, -0.15) is 0 Å². The summed E-state index contributed by atoms with van der Waals surface area (Å²) in [5.41, 5.74) is -0.0827. The standard InChI is InChI=1S/C7H6BrNO3/c1-12-7(11)6-5(10)2-4(8)3-9-6/h2-3,10H,1H3. The molecule has 0 aliphatic carbocycles. The molecule has 1 aromatic rings. The average Bonchev–Trinajstić information content (AvgIpc) is 2.03. The van der Waals surface area contributed by atoms with Gasteiger partial charge in [-0.15, -0.1) is 0 Å². The van der Waals surface area contributed by atoms with Gasteiger partial charge in [-0.25, -0.2) is 9.78 Å². The zero-order valence-electron chi connectivity index (χ0n) is 6.24. The van der Waals surface area contributed by atoms with Gasteiger partial charge in [0.15, 0.2) is 5.69 Å². The summed E-state index contributed by atoms with van der Waals surface area (Å²) >= 11 is 3.09. The maximum absolute atomic E-state index is 10.9. The molecule has 0 aliphatic rings. The van der Waals surface area contributed by atoms with Crippen LogP contribution in [0.3, 0.4) is 0 Å². The molecule has 0 atom stereocenters. The third-order valence-electron chi connectivity index (χ3n) is 1.21. The second-order valence-corrected chi connectivity index (χ2v) is 2.93. The van der Waals surface area contributed by atoms with Crippen LogP contribution in [0.1, 0.15) is 10.5 Å². The summed E-state index contributed by atoms with van der Waals surface area (Å²) in [6.07, 6.45) is 1.41. The molecule has 0 bridgehead atoms. The third kappa shape index (κ3) is 1.73. The Morgan fingerprint density at radius 1 is 1.75 bits per heavy atom. The van der Waals surface area contributed by atoms with Gasteiger partial charge in [0.05, 0.1) is 7.11 Å². The molecule has 1 N–H and O–H groups in total. The predicted octanol–water partition coefficient (Wildman–Crippen LogP) is 1.34. The second kappa shape index (κ2) is 3.53. The van der Waals surface area contributed by atoms with Crippen LogP contribution in [0.2, 0.25) is 0 Å². The van der Waals surface area contributed by atoms with Crippen molar-refractivity contribution >= 4 is 21.9 Å². The number of rotatable bonds is 1. The number of aromatic nitrogens is 1. The molecule has 5 heteroatoms. The minimum Gasteiger partial charge on any atom is -0.505 e. The van der Waals surface area contributed by atoms with Crippen LogP contribution in [-0.2, 0) is 4.74 Å². The number of hydrogen-bond acceptors (Lipinski definition) is 4. The zero-order valence-corrected chi connectivity index (χ0v) is 7.83. The van der Waals surface area contributed by atoms with E-state index in [2.05, 4.69) is 25.7 Å². The van der Waals surface area contributed by atoms with Crippen molar-refractivity contribution in [3.63, 3.8) is 0 Å². The highest BCUT2D eigenvalue weighted by molar-refractivity contribution is 9.10. The van der Waals surface area contributed by atoms with Gasteiger partial charge in [-0.3, -0.25) is 0 Å². The normalized spacial score (nSPS) is 9.50. The van der Waals surface area contributed by atoms with E-state index in [0.29, 0.717) is 4.47 Å². The molecule has 0 unspecified atom stereocenters. The fourth-order valence-corrected chi connectivity index (χ4v) is 1.00. The van der Waals surface area contributed by atoms with Crippen LogP contribution in [0.5, 0.6) is 5.75 Å². The Morgan fingerprint density at radius 2 is 2.42 bits per heavy atom. The van der Waals surface area contributed by atoms with Gasteiger partial charge < -0.3 is 9.84 Å². The van der Waals surface area contributed by atoms with Crippen LogP contribution in [0.25, 0.3) is 0 Å². The Bertz CT molecular complexity index is 314. The molecule has 0 saturated heterocycles. The highest BCUT2D eigenvalue weighted by Gasteiger charge is 2.12. The molecule has 0 aliphatic heterocycles. The Morgan fingerprint density at radius 3 is 2.92 bits per heavy atom. The summed E-state index contributed by atoms with van der Waals surface area (Å²) in [5.74, 6) is -0.851. The predicted molar refractivity (Wildman–Crippen MR) is 44.9 cm³/mol. The van der Waals surface area contributed by atoms with E-state index in [1.165, 1.54) is 19.4 Å². The van der Waals surface area contributed by atoms with Crippen molar-refractivity contribution in [3.05, 3.63) is 22.4 Å². The summed E-state index contributed by atoms with van der Waals surface area (Å²) in [4.78, 5) is 14.6. The SMILES string of the molecule is COC(=O)c1ncc(Br)cc1O. The molecule has 0 spiro atoms. The van der Waals surface area contributed by atoms with Crippen LogP contribution in [0, 0.1) is 0 Å². The molecule has 12 heavy (non-hydrogen) atoms. The van der Waals surface area contributed by atoms with Crippen molar-refractivity contribution in [2.24, 2.45) is 0 Å². The summed E-state index contributed by atoms with van der Waals surface area (Å²) in [5, 5.41) is 9.20. The van der Waals surface area contributed by atoms with Gasteiger partial charge in [-0.05, 0) is 22.0 Å². The zero-order chi connectivity index (χ0) is 9.14. The number of nitrogens with zero attached hydrogens (tertiary/aromatic N) is 1. The Kier molecular flexibility index (Phi) is 2.65. The van der Waals surface area contributed by atoms with Crippen molar-refractivity contribution in [2.75, 3.05) is 7.11 Å². The summed E-state index contributed by atoms with van der Waals surface area (Å²) in [6.45, 7) is 0. The maximum atomic E-state index is 10.9. The van der Waals surface area contributed by atoms with Crippen LogP contribution in [0.4, 0.5) is 0 Å². The minimum absolute atomic E-state index is 0.0827. The van der Waals surface area contributed by atoms with E-state index in [9.17, 15) is 9.90 Å². The van der Waals surface area contributed by atoms with E-state index in [1.807, 2.05) is 0 Å². The number of carbonyl (C=O) groups is 1. The molecule has 0 fully saturated rings. The first kappa shape index (κ1) is 8.99. The lowest BCUT2D eigenvalue weighted by atomic mass is 10.3. The van der Waals surface area contributed by atoms with Crippen LogP contribution in [0.15, 0.2) is 16.7 Å². The fraction of sp³-hybridized carbons (Fsp3) is 0.143. The molecule has 0 amide bonds. The number of halogens is 1. The van der Waals surface area contributed by atoms with Crippen LogP contribution >= 0.6 is 15.9 Å². The number of ether oxygens (including phenoxy) is 1. The molecule has 1 heterocycles. The number of hydrogen-bond donors (Lipinski definition) is 1. The first-order valence-electron chi connectivity index (χ1n) is 3.08. The van der Waals surface area contributed by atoms with E-state index in [1.54, 1.807) is 0 Å². The minimum atomic E-state index is -0.653. The largest absolute Gasteiger partial charge is 0.505 e. The number of methoxy groups -OCH3 is 1. The molecule has 4 nitrogen and oxygen atoms in total. The van der Waals surface area contributed by atoms with E-state index in [0.717, 1.165) is 0 Å². The van der Waals surface area contributed by atoms with Crippen molar-refractivity contribution in [2.45, 2.75) is 0 Å². The topological polar surface area (TPSA) is 59.4 Å². The highest BCUT2D eigenvalue weighted by Crippen LogP contribution is 2.19. The van der Waals surface area contributed by atoms with Crippen molar-refractivity contribution < 1.29 is 14.6 Å². The van der Waals surface area contributed by atoms with Crippen LogP contribution in [-0.4, -0.2) is 23.2 Å². The van der Waals surface area contributed by atoms with Gasteiger partial charge in [0.2, 0.25) is 0 Å². The fourth-order valence-electron chi connectivity index (χ4n) is 0.683. The molecular weight excluding hydrogens is 226 g/mol. The van der Waals surface area contributed by atoms with Gasteiger partial charge >= 0.3 is 5.97 Å². The lowest BCUT2D eigenvalue weighted by Crippen LogP contribution is -2.03. The number of esters is 1. The first-order chi connectivity index (χ1) is 5.65. The highest BCUT2D eigenvalue weighted by atomic mass is 79.9. The lowest BCUT2D eigenvalue weighted by Gasteiger charge is -2.00. The van der Waals surface area contributed by atoms with Crippen molar-refractivity contribution in [1.29, 1.82) is 0 Å². The Hall–Kier alpha value is -1.10.